The predicted molar refractivity (Wildman–Crippen MR) is 103 cm³/mol. The molecule has 6 nitrogen and oxygen atoms in total. The van der Waals surface area contributed by atoms with E-state index in [0.29, 0.717) is 16.8 Å². The number of aryl methyl sites for hydroxylation is 2. The third-order valence-electron chi connectivity index (χ3n) is 5.03. The van der Waals surface area contributed by atoms with Gasteiger partial charge in [-0.3, -0.25) is 9.59 Å². The Morgan fingerprint density at radius 2 is 1.93 bits per heavy atom. The number of nitrogens with zero attached hydrogens (tertiary/aromatic N) is 3. The van der Waals surface area contributed by atoms with Crippen LogP contribution in [0.15, 0.2) is 53.3 Å². The Kier molecular flexibility index (Phi) is 4.71. The second kappa shape index (κ2) is 7.31. The lowest BCUT2D eigenvalue weighted by Gasteiger charge is -2.19. The number of nitrogens with one attached hydrogen (secondary N) is 1. The first-order valence-electron chi connectivity index (χ1n) is 9.30. The van der Waals surface area contributed by atoms with E-state index in [0.717, 1.165) is 18.4 Å². The second-order valence-corrected chi connectivity index (χ2v) is 7.18. The van der Waals surface area contributed by atoms with Crippen molar-refractivity contribution in [2.45, 2.75) is 38.8 Å². The van der Waals surface area contributed by atoms with E-state index in [1.165, 1.54) is 10.2 Å². The summed E-state index contributed by atoms with van der Waals surface area (Å²) in [5, 5.41) is 11.7. The van der Waals surface area contributed by atoms with Gasteiger partial charge in [0.25, 0.3) is 5.56 Å². The average Bonchev–Trinajstić information content (AvgIpc) is 3.52. The van der Waals surface area contributed by atoms with Crippen molar-refractivity contribution in [1.29, 1.82) is 0 Å². The van der Waals surface area contributed by atoms with Crippen LogP contribution in [0.4, 0.5) is 0 Å². The van der Waals surface area contributed by atoms with E-state index in [1.54, 1.807) is 18.2 Å². The van der Waals surface area contributed by atoms with Crippen LogP contribution in [0.2, 0.25) is 0 Å². The quantitative estimate of drug-likeness (QED) is 0.731. The maximum atomic E-state index is 12.5. The zero-order chi connectivity index (χ0) is 18.8. The first-order chi connectivity index (χ1) is 13.1. The maximum Gasteiger partial charge on any atom is 0.277 e. The highest BCUT2D eigenvalue weighted by molar-refractivity contribution is 5.77. The predicted octanol–water partition coefficient (Wildman–Crippen LogP) is 2.76. The lowest BCUT2D eigenvalue weighted by Crippen LogP contribution is -2.32. The van der Waals surface area contributed by atoms with Crippen LogP contribution in [0.1, 0.15) is 36.4 Å². The van der Waals surface area contributed by atoms with E-state index in [2.05, 4.69) is 46.8 Å². The second-order valence-electron chi connectivity index (χ2n) is 7.18. The monoisotopic (exact) mass is 362 g/mol. The number of aromatic nitrogens is 3. The Hall–Kier alpha value is -3.02. The molecule has 1 atom stereocenters. The SMILES string of the molecule is Cc1ccc([C@@H](NC(=O)CCn2nnc3ccccc3c2=O)C2CC2)cc1. The zero-order valence-electron chi connectivity index (χ0n) is 15.3. The highest BCUT2D eigenvalue weighted by Crippen LogP contribution is 2.41. The molecule has 1 heterocycles. The molecule has 1 saturated carbocycles. The largest absolute Gasteiger partial charge is 0.349 e. The molecule has 1 fully saturated rings. The molecule has 0 spiro atoms. The number of hydrogen-bond donors (Lipinski definition) is 1. The van der Waals surface area contributed by atoms with E-state index in [1.807, 2.05) is 6.07 Å². The van der Waals surface area contributed by atoms with Gasteiger partial charge in [-0.1, -0.05) is 47.2 Å². The van der Waals surface area contributed by atoms with Gasteiger partial charge >= 0.3 is 0 Å². The molecular formula is C21H22N4O2. The third-order valence-corrected chi connectivity index (χ3v) is 5.03. The minimum atomic E-state index is -0.217. The summed E-state index contributed by atoms with van der Waals surface area (Å²) in [5.41, 5.74) is 2.69. The van der Waals surface area contributed by atoms with Gasteiger partial charge in [-0.2, -0.15) is 0 Å². The lowest BCUT2D eigenvalue weighted by atomic mass is 10.0. The van der Waals surface area contributed by atoms with Crippen molar-refractivity contribution in [2.75, 3.05) is 0 Å². The Bertz CT molecular complexity index is 1020. The highest BCUT2D eigenvalue weighted by Gasteiger charge is 2.33. The average molecular weight is 362 g/mol. The van der Waals surface area contributed by atoms with E-state index in [9.17, 15) is 9.59 Å². The van der Waals surface area contributed by atoms with Crippen LogP contribution in [-0.2, 0) is 11.3 Å². The van der Waals surface area contributed by atoms with Crippen LogP contribution in [-0.4, -0.2) is 20.9 Å². The minimum Gasteiger partial charge on any atom is -0.349 e. The van der Waals surface area contributed by atoms with Crippen LogP contribution in [0.3, 0.4) is 0 Å². The van der Waals surface area contributed by atoms with Crippen molar-refractivity contribution in [2.24, 2.45) is 5.92 Å². The van der Waals surface area contributed by atoms with Crippen molar-refractivity contribution in [1.82, 2.24) is 20.3 Å². The van der Waals surface area contributed by atoms with Crippen LogP contribution < -0.4 is 10.9 Å². The fraction of sp³-hybridized carbons (Fsp3) is 0.333. The molecule has 1 aromatic heterocycles. The van der Waals surface area contributed by atoms with Crippen molar-refractivity contribution in [3.05, 3.63) is 70.0 Å². The van der Waals surface area contributed by atoms with E-state index >= 15 is 0 Å². The molecule has 0 unspecified atom stereocenters. The Morgan fingerprint density at radius 1 is 1.19 bits per heavy atom. The highest BCUT2D eigenvalue weighted by atomic mass is 16.2. The molecule has 1 aliphatic rings. The number of carbonyl (C=O) groups excluding carboxylic acids is 1. The Labute approximate surface area is 157 Å². The first-order valence-corrected chi connectivity index (χ1v) is 9.30. The molecule has 27 heavy (non-hydrogen) atoms. The standard InChI is InChI=1S/C21H22N4O2/c1-14-6-8-15(9-7-14)20(16-10-11-16)22-19(26)12-13-25-21(27)17-4-2-3-5-18(17)23-24-25/h2-9,16,20H,10-13H2,1H3,(H,22,26)/t20-/m1/s1. The van der Waals surface area contributed by atoms with Gasteiger partial charge in [0.1, 0.15) is 5.52 Å². The number of amides is 1. The fourth-order valence-electron chi connectivity index (χ4n) is 3.30. The summed E-state index contributed by atoms with van der Waals surface area (Å²) >= 11 is 0. The fourth-order valence-corrected chi connectivity index (χ4v) is 3.30. The molecule has 138 valence electrons. The summed E-state index contributed by atoms with van der Waals surface area (Å²) in [6.07, 6.45) is 2.46. The van der Waals surface area contributed by atoms with Crippen LogP contribution in [0.5, 0.6) is 0 Å². The van der Waals surface area contributed by atoms with Gasteiger partial charge in [-0.05, 0) is 43.4 Å². The van der Waals surface area contributed by atoms with E-state index in [4.69, 9.17) is 0 Å². The van der Waals surface area contributed by atoms with Crippen LogP contribution >= 0.6 is 0 Å². The first kappa shape index (κ1) is 17.4. The number of fused-ring (bicyclic) bond motifs is 1. The van der Waals surface area contributed by atoms with Gasteiger partial charge in [0.05, 0.1) is 18.0 Å². The summed E-state index contributed by atoms with van der Waals surface area (Å²) < 4.78 is 1.26. The van der Waals surface area contributed by atoms with Crippen LogP contribution in [0, 0.1) is 12.8 Å². The van der Waals surface area contributed by atoms with Gasteiger partial charge < -0.3 is 5.32 Å². The maximum absolute atomic E-state index is 12.5. The molecule has 1 aliphatic carbocycles. The van der Waals surface area contributed by atoms with Crippen molar-refractivity contribution in [3.63, 3.8) is 0 Å². The summed E-state index contributed by atoms with van der Waals surface area (Å²) in [5.74, 6) is 0.425. The smallest absolute Gasteiger partial charge is 0.277 e. The van der Waals surface area contributed by atoms with Crippen molar-refractivity contribution >= 4 is 16.8 Å². The summed E-state index contributed by atoms with van der Waals surface area (Å²) in [6.45, 7) is 2.27. The summed E-state index contributed by atoms with van der Waals surface area (Å²) in [7, 11) is 0. The number of carbonyl (C=O) groups is 1. The molecule has 1 amide bonds. The molecule has 0 bridgehead atoms. The lowest BCUT2D eigenvalue weighted by molar-refractivity contribution is -0.122. The molecule has 1 N–H and O–H groups in total. The molecule has 2 aromatic carbocycles. The molecule has 3 aromatic rings. The Morgan fingerprint density at radius 3 is 2.67 bits per heavy atom. The number of rotatable bonds is 6. The van der Waals surface area contributed by atoms with Crippen molar-refractivity contribution in [3.8, 4) is 0 Å². The van der Waals surface area contributed by atoms with E-state index in [-0.39, 0.29) is 30.5 Å². The molecule has 0 saturated heterocycles. The molecule has 0 radical (unpaired) electrons. The Balaban J connectivity index is 1.44. The number of benzene rings is 2. The van der Waals surface area contributed by atoms with Gasteiger partial charge in [-0.25, -0.2) is 4.68 Å². The normalized spacial score (nSPS) is 14.9. The zero-order valence-corrected chi connectivity index (χ0v) is 15.3. The van der Waals surface area contributed by atoms with Gasteiger partial charge in [0.2, 0.25) is 5.91 Å². The summed E-state index contributed by atoms with van der Waals surface area (Å²) in [6, 6.07) is 15.4. The van der Waals surface area contributed by atoms with Gasteiger partial charge in [-0.15, -0.1) is 5.10 Å². The van der Waals surface area contributed by atoms with Crippen LogP contribution in [0.25, 0.3) is 10.9 Å². The minimum absolute atomic E-state index is 0.0394. The van der Waals surface area contributed by atoms with Gasteiger partial charge in [0.15, 0.2) is 0 Å². The van der Waals surface area contributed by atoms with Gasteiger partial charge in [0, 0.05) is 6.42 Å². The molecule has 0 aliphatic heterocycles. The summed E-state index contributed by atoms with van der Waals surface area (Å²) in [4.78, 5) is 25.0. The third kappa shape index (κ3) is 3.89. The molecule has 4 rings (SSSR count). The number of hydrogen-bond acceptors (Lipinski definition) is 4. The molecule has 6 heteroatoms. The molecular weight excluding hydrogens is 340 g/mol. The van der Waals surface area contributed by atoms with E-state index < -0.39 is 0 Å². The topological polar surface area (TPSA) is 76.9 Å². The van der Waals surface area contributed by atoms with Crippen molar-refractivity contribution < 1.29 is 4.79 Å².